The first kappa shape index (κ1) is 20.8. The summed E-state index contributed by atoms with van der Waals surface area (Å²) in [6, 6.07) is 5.53. The molecule has 0 bridgehead atoms. The van der Waals surface area contributed by atoms with Crippen LogP contribution in [-0.2, 0) is 35.2 Å². The molecule has 1 saturated heterocycles. The number of carbonyl (C=O) groups excluding carboxylic acids is 1. The van der Waals surface area contributed by atoms with Crippen molar-refractivity contribution in [2.24, 2.45) is 0 Å². The summed E-state index contributed by atoms with van der Waals surface area (Å²) in [6.45, 7) is 2.17. The lowest BCUT2D eigenvalue weighted by Gasteiger charge is -2.30. The lowest BCUT2D eigenvalue weighted by Crippen LogP contribution is -2.44. The smallest absolute Gasteiger partial charge is 0.375 e. The molecule has 10 heteroatoms. The highest BCUT2D eigenvalue weighted by atomic mass is 19.4. The topological polar surface area (TPSA) is 59.4 Å². The minimum absolute atomic E-state index is 0.0542. The van der Waals surface area contributed by atoms with E-state index in [2.05, 4.69) is 10.4 Å². The highest BCUT2D eigenvalue weighted by Gasteiger charge is 2.41. The fourth-order valence-corrected chi connectivity index (χ4v) is 3.89. The zero-order chi connectivity index (χ0) is 21.3. The molecule has 0 radical (unpaired) electrons. The van der Waals surface area contributed by atoms with Crippen LogP contribution in [-0.4, -0.2) is 52.9 Å². The lowest BCUT2D eigenvalue weighted by molar-refractivity contribution is -0.142. The van der Waals surface area contributed by atoms with Gasteiger partial charge in [0.25, 0.3) is 0 Å². The number of nitrogens with zero attached hydrogens (tertiary/aromatic N) is 3. The number of halogens is 4. The van der Waals surface area contributed by atoms with Crippen LogP contribution in [0.15, 0.2) is 24.3 Å². The molecule has 1 unspecified atom stereocenters. The third-order valence-corrected chi connectivity index (χ3v) is 5.41. The van der Waals surface area contributed by atoms with Gasteiger partial charge in [0.2, 0.25) is 5.91 Å². The molecule has 2 aliphatic heterocycles. The molecule has 162 valence electrons. The lowest BCUT2D eigenvalue weighted by atomic mass is 10.0. The van der Waals surface area contributed by atoms with Crippen LogP contribution >= 0.6 is 0 Å². The molecule has 6 nitrogen and oxygen atoms in total. The molecule has 0 aliphatic carbocycles. The minimum Gasteiger partial charge on any atom is -0.375 e. The van der Waals surface area contributed by atoms with Gasteiger partial charge in [0.05, 0.1) is 37.9 Å². The third-order valence-electron chi connectivity index (χ3n) is 5.41. The van der Waals surface area contributed by atoms with Crippen LogP contribution in [0.25, 0.3) is 0 Å². The summed E-state index contributed by atoms with van der Waals surface area (Å²) in [5, 5.41) is 6.97. The van der Waals surface area contributed by atoms with E-state index >= 15 is 0 Å². The van der Waals surface area contributed by atoms with E-state index in [1.165, 1.54) is 28.9 Å². The maximum absolute atomic E-state index is 13.5. The standard InChI is InChI=1S/C20H22F4N4O2/c21-14-3-1-13(2-4-14)11-28-17-12-27(18(29)9-15-10-25-6-8-30-15)7-5-16(17)19(26-28)20(22,23)24/h1-4,15,25H,5-12H2. The number of benzene rings is 1. The summed E-state index contributed by atoms with van der Waals surface area (Å²) in [7, 11) is 0. The van der Waals surface area contributed by atoms with E-state index in [1.54, 1.807) is 4.90 Å². The number of aromatic nitrogens is 2. The van der Waals surface area contributed by atoms with Crippen molar-refractivity contribution in [2.75, 3.05) is 26.2 Å². The number of fused-ring (bicyclic) bond motifs is 1. The normalized spacial score (nSPS) is 19.6. The first-order chi connectivity index (χ1) is 14.3. The second kappa shape index (κ2) is 8.35. The van der Waals surface area contributed by atoms with Gasteiger partial charge in [-0.15, -0.1) is 0 Å². The Balaban J connectivity index is 1.56. The van der Waals surface area contributed by atoms with Crippen molar-refractivity contribution in [1.29, 1.82) is 0 Å². The van der Waals surface area contributed by atoms with Crippen LogP contribution in [0.5, 0.6) is 0 Å². The number of rotatable bonds is 4. The zero-order valence-electron chi connectivity index (χ0n) is 16.2. The van der Waals surface area contributed by atoms with Crippen molar-refractivity contribution in [1.82, 2.24) is 20.0 Å². The summed E-state index contributed by atoms with van der Waals surface area (Å²) in [6.07, 6.45) is -4.54. The number of alkyl halides is 3. The van der Waals surface area contributed by atoms with E-state index in [0.717, 1.165) is 6.54 Å². The Morgan fingerprint density at radius 2 is 2.03 bits per heavy atom. The van der Waals surface area contributed by atoms with Crippen LogP contribution in [0.1, 0.15) is 28.9 Å². The SMILES string of the molecule is O=C(CC1CNCCO1)N1CCc2c(C(F)(F)F)nn(Cc3ccc(F)cc3)c2C1. The van der Waals surface area contributed by atoms with Crippen molar-refractivity contribution in [2.45, 2.75) is 38.2 Å². The molecule has 1 aromatic carbocycles. The van der Waals surface area contributed by atoms with Gasteiger partial charge in [0.15, 0.2) is 5.69 Å². The van der Waals surface area contributed by atoms with Crippen molar-refractivity contribution >= 4 is 5.91 Å². The van der Waals surface area contributed by atoms with Crippen LogP contribution in [0.3, 0.4) is 0 Å². The van der Waals surface area contributed by atoms with Crippen molar-refractivity contribution in [3.63, 3.8) is 0 Å². The molecule has 0 spiro atoms. The minimum atomic E-state index is -4.58. The molecule has 1 atom stereocenters. The summed E-state index contributed by atoms with van der Waals surface area (Å²) in [5.74, 6) is -0.578. The molecular formula is C20H22F4N4O2. The van der Waals surface area contributed by atoms with Gasteiger partial charge in [0, 0.05) is 25.2 Å². The Morgan fingerprint density at radius 3 is 2.70 bits per heavy atom. The van der Waals surface area contributed by atoms with Crippen LogP contribution < -0.4 is 5.32 Å². The molecular weight excluding hydrogens is 404 g/mol. The maximum atomic E-state index is 13.5. The van der Waals surface area contributed by atoms with Gasteiger partial charge in [-0.05, 0) is 24.1 Å². The highest BCUT2D eigenvalue weighted by Crippen LogP contribution is 2.35. The van der Waals surface area contributed by atoms with E-state index in [-0.39, 0.29) is 50.1 Å². The second-order valence-electron chi connectivity index (χ2n) is 7.52. The molecule has 2 aromatic rings. The average Bonchev–Trinajstić information content (AvgIpc) is 3.08. The highest BCUT2D eigenvalue weighted by molar-refractivity contribution is 5.77. The molecule has 1 fully saturated rings. The number of nitrogens with one attached hydrogen (secondary N) is 1. The summed E-state index contributed by atoms with van der Waals surface area (Å²) in [5.41, 5.74) is 0.213. The Kier molecular flexibility index (Phi) is 5.79. The van der Waals surface area contributed by atoms with Gasteiger partial charge in [-0.25, -0.2) is 4.39 Å². The number of morpholine rings is 1. The fourth-order valence-electron chi connectivity index (χ4n) is 3.89. The fraction of sp³-hybridized carbons (Fsp3) is 0.500. The molecule has 30 heavy (non-hydrogen) atoms. The Labute approximate surface area is 170 Å². The number of amides is 1. The number of hydrogen-bond donors (Lipinski definition) is 1. The quantitative estimate of drug-likeness (QED) is 0.763. The predicted octanol–water partition coefficient (Wildman–Crippen LogP) is 2.35. The summed E-state index contributed by atoms with van der Waals surface area (Å²) < 4.78 is 60.6. The number of ether oxygens (including phenoxy) is 1. The van der Waals surface area contributed by atoms with Crippen LogP contribution in [0.2, 0.25) is 0 Å². The van der Waals surface area contributed by atoms with Gasteiger partial charge in [-0.1, -0.05) is 12.1 Å². The monoisotopic (exact) mass is 426 g/mol. The zero-order valence-corrected chi connectivity index (χ0v) is 16.2. The summed E-state index contributed by atoms with van der Waals surface area (Å²) >= 11 is 0. The first-order valence-electron chi connectivity index (χ1n) is 9.81. The van der Waals surface area contributed by atoms with Gasteiger partial charge in [-0.3, -0.25) is 9.48 Å². The average molecular weight is 426 g/mol. The van der Waals surface area contributed by atoms with E-state index in [0.29, 0.717) is 24.4 Å². The Hall–Kier alpha value is -2.46. The van der Waals surface area contributed by atoms with E-state index < -0.39 is 17.7 Å². The van der Waals surface area contributed by atoms with Gasteiger partial charge in [-0.2, -0.15) is 18.3 Å². The van der Waals surface area contributed by atoms with Crippen molar-refractivity contribution in [3.8, 4) is 0 Å². The summed E-state index contributed by atoms with van der Waals surface area (Å²) in [4.78, 5) is 14.3. The molecule has 1 aromatic heterocycles. The third kappa shape index (κ3) is 4.49. The Bertz CT molecular complexity index is 905. The van der Waals surface area contributed by atoms with Crippen LogP contribution in [0, 0.1) is 5.82 Å². The Morgan fingerprint density at radius 1 is 1.27 bits per heavy atom. The van der Waals surface area contributed by atoms with Crippen LogP contribution in [0.4, 0.5) is 17.6 Å². The van der Waals surface area contributed by atoms with Gasteiger partial charge in [0.1, 0.15) is 5.82 Å². The van der Waals surface area contributed by atoms with E-state index in [4.69, 9.17) is 4.74 Å². The first-order valence-corrected chi connectivity index (χ1v) is 9.81. The molecule has 3 heterocycles. The molecule has 0 saturated carbocycles. The maximum Gasteiger partial charge on any atom is 0.435 e. The molecule has 1 N–H and O–H groups in total. The number of hydrogen-bond acceptors (Lipinski definition) is 4. The second-order valence-corrected chi connectivity index (χ2v) is 7.52. The molecule has 4 rings (SSSR count). The number of carbonyl (C=O) groups is 1. The predicted molar refractivity (Wildman–Crippen MR) is 99.1 cm³/mol. The molecule has 2 aliphatic rings. The largest absolute Gasteiger partial charge is 0.435 e. The van der Waals surface area contributed by atoms with Gasteiger partial charge >= 0.3 is 6.18 Å². The van der Waals surface area contributed by atoms with E-state index in [9.17, 15) is 22.4 Å². The van der Waals surface area contributed by atoms with E-state index in [1.807, 2.05) is 0 Å². The van der Waals surface area contributed by atoms with Crippen molar-refractivity contribution in [3.05, 3.63) is 52.6 Å². The van der Waals surface area contributed by atoms with Gasteiger partial charge < -0.3 is 15.0 Å². The van der Waals surface area contributed by atoms with Crippen molar-refractivity contribution < 1.29 is 27.1 Å². The molecule has 1 amide bonds.